The van der Waals surface area contributed by atoms with Crippen molar-refractivity contribution in [3.63, 3.8) is 0 Å². The largest absolute Gasteiger partial charge is 0.399 e. The molecule has 1 fully saturated rings. The standard InChI is InChI=1S/C13H20N2OS/c1-10-7-12(3-4-13(10)14)17-9-11-8-15(2)5-6-16-11/h3-4,7,11H,5-6,8-9,14H2,1-2H3. The van der Waals surface area contributed by atoms with E-state index in [-0.39, 0.29) is 0 Å². The first kappa shape index (κ1) is 12.7. The van der Waals surface area contributed by atoms with Crippen LogP contribution in [0.25, 0.3) is 0 Å². The molecule has 1 aromatic rings. The zero-order valence-electron chi connectivity index (χ0n) is 10.5. The van der Waals surface area contributed by atoms with Gasteiger partial charge in [0.25, 0.3) is 0 Å². The third kappa shape index (κ3) is 3.63. The van der Waals surface area contributed by atoms with Crippen LogP contribution in [0.2, 0.25) is 0 Å². The Labute approximate surface area is 107 Å². The number of thioether (sulfide) groups is 1. The molecule has 0 amide bonds. The van der Waals surface area contributed by atoms with Crippen molar-refractivity contribution in [2.24, 2.45) is 0 Å². The number of rotatable bonds is 3. The molecule has 1 unspecified atom stereocenters. The summed E-state index contributed by atoms with van der Waals surface area (Å²) in [7, 11) is 2.15. The van der Waals surface area contributed by atoms with Crippen molar-refractivity contribution >= 4 is 17.4 Å². The van der Waals surface area contributed by atoms with Crippen LogP contribution in [0.3, 0.4) is 0 Å². The summed E-state index contributed by atoms with van der Waals surface area (Å²) >= 11 is 1.84. The molecule has 1 saturated heterocycles. The van der Waals surface area contributed by atoms with Crippen LogP contribution in [0.4, 0.5) is 5.69 Å². The Bertz CT molecular complexity index is 384. The predicted octanol–water partition coefficient (Wildman–Crippen LogP) is 2.00. The maximum absolute atomic E-state index is 5.81. The van der Waals surface area contributed by atoms with Gasteiger partial charge in [0.05, 0.1) is 12.7 Å². The number of nitrogens with two attached hydrogens (primary N) is 1. The van der Waals surface area contributed by atoms with Gasteiger partial charge in [0.2, 0.25) is 0 Å². The Morgan fingerprint density at radius 1 is 1.53 bits per heavy atom. The van der Waals surface area contributed by atoms with E-state index in [1.54, 1.807) is 0 Å². The smallest absolute Gasteiger partial charge is 0.0796 e. The molecule has 0 bridgehead atoms. The number of anilines is 1. The minimum absolute atomic E-state index is 0.344. The molecule has 2 rings (SSSR count). The third-order valence-corrected chi connectivity index (χ3v) is 4.14. The van der Waals surface area contributed by atoms with Crippen LogP contribution < -0.4 is 5.73 Å². The van der Waals surface area contributed by atoms with Crippen LogP contribution in [0.1, 0.15) is 5.56 Å². The van der Waals surface area contributed by atoms with Crippen LogP contribution in [0.15, 0.2) is 23.1 Å². The Kier molecular flexibility index (Phi) is 4.31. The first-order valence-corrected chi connectivity index (χ1v) is 6.93. The lowest BCUT2D eigenvalue weighted by Gasteiger charge is -2.29. The van der Waals surface area contributed by atoms with Gasteiger partial charge in [0.1, 0.15) is 0 Å². The second-order valence-electron chi connectivity index (χ2n) is 4.58. The molecule has 17 heavy (non-hydrogen) atoms. The second-order valence-corrected chi connectivity index (χ2v) is 5.68. The summed E-state index contributed by atoms with van der Waals surface area (Å²) in [5, 5.41) is 0. The van der Waals surface area contributed by atoms with E-state index in [1.807, 2.05) is 24.8 Å². The summed E-state index contributed by atoms with van der Waals surface area (Å²) in [5.41, 5.74) is 7.82. The lowest BCUT2D eigenvalue weighted by molar-refractivity contribution is -0.00598. The molecule has 1 aliphatic heterocycles. The number of hydrogen-bond acceptors (Lipinski definition) is 4. The Hall–Kier alpha value is -0.710. The van der Waals surface area contributed by atoms with Crippen molar-refractivity contribution in [1.29, 1.82) is 0 Å². The van der Waals surface area contributed by atoms with E-state index in [4.69, 9.17) is 10.5 Å². The molecule has 3 nitrogen and oxygen atoms in total. The molecular formula is C13H20N2OS. The second kappa shape index (κ2) is 5.76. The van der Waals surface area contributed by atoms with Gasteiger partial charge >= 0.3 is 0 Å². The highest BCUT2D eigenvalue weighted by molar-refractivity contribution is 7.99. The van der Waals surface area contributed by atoms with Gasteiger partial charge < -0.3 is 15.4 Å². The van der Waals surface area contributed by atoms with Gasteiger partial charge in [-0.3, -0.25) is 0 Å². The van der Waals surface area contributed by atoms with Gasteiger partial charge in [0.15, 0.2) is 0 Å². The number of benzene rings is 1. The molecule has 1 aromatic carbocycles. The van der Waals surface area contributed by atoms with Crippen molar-refractivity contribution in [3.05, 3.63) is 23.8 Å². The summed E-state index contributed by atoms with van der Waals surface area (Å²) in [5.74, 6) is 1.01. The normalized spacial score (nSPS) is 21.6. The van der Waals surface area contributed by atoms with Crippen LogP contribution in [0.5, 0.6) is 0 Å². The van der Waals surface area contributed by atoms with E-state index in [2.05, 4.69) is 24.1 Å². The van der Waals surface area contributed by atoms with Crippen LogP contribution >= 0.6 is 11.8 Å². The zero-order chi connectivity index (χ0) is 12.3. The fourth-order valence-corrected chi connectivity index (χ4v) is 2.90. The molecule has 1 aliphatic rings. The van der Waals surface area contributed by atoms with Crippen LogP contribution in [0, 0.1) is 6.92 Å². The maximum Gasteiger partial charge on any atom is 0.0796 e. The molecule has 0 radical (unpaired) electrons. The topological polar surface area (TPSA) is 38.5 Å². The lowest BCUT2D eigenvalue weighted by atomic mass is 10.2. The number of likely N-dealkylation sites (N-methyl/N-ethyl adjacent to an activating group) is 1. The summed E-state index contributed by atoms with van der Waals surface area (Å²) in [6, 6.07) is 6.21. The molecule has 0 saturated carbocycles. The van der Waals surface area contributed by atoms with E-state index >= 15 is 0 Å². The fourth-order valence-electron chi connectivity index (χ4n) is 1.89. The minimum Gasteiger partial charge on any atom is -0.399 e. The monoisotopic (exact) mass is 252 g/mol. The average Bonchev–Trinajstić information content (AvgIpc) is 2.31. The number of nitrogen functional groups attached to an aromatic ring is 1. The number of ether oxygens (including phenoxy) is 1. The molecule has 0 spiro atoms. The molecular weight excluding hydrogens is 232 g/mol. The Morgan fingerprint density at radius 2 is 2.35 bits per heavy atom. The van der Waals surface area contributed by atoms with Gasteiger partial charge in [-0.2, -0.15) is 0 Å². The highest BCUT2D eigenvalue weighted by Gasteiger charge is 2.17. The molecule has 1 heterocycles. The first-order valence-electron chi connectivity index (χ1n) is 5.94. The first-order chi connectivity index (χ1) is 8.15. The average molecular weight is 252 g/mol. The van der Waals surface area contributed by atoms with E-state index in [1.165, 1.54) is 4.90 Å². The number of hydrogen-bond donors (Lipinski definition) is 1. The van der Waals surface area contributed by atoms with Crippen molar-refractivity contribution in [3.8, 4) is 0 Å². The SMILES string of the molecule is Cc1cc(SCC2CN(C)CCO2)ccc1N. The molecule has 2 N–H and O–H groups in total. The van der Waals surface area contributed by atoms with Crippen LogP contribution in [-0.4, -0.2) is 43.5 Å². The highest BCUT2D eigenvalue weighted by atomic mass is 32.2. The van der Waals surface area contributed by atoms with Gasteiger partial charge in [-0.1, -0.05) is 0 Å². The fraction of sp³-hybridized carbons (Fsp3) is 0.538. The predicted molar refractivity (Wildman–Crippen MR) is 73.6 cm³/mol. The van der Waals surface area contributed by atoms with E-state index in [9.17, 15) is 0 Å². The molecule has 0 aliphatic carbocycles. The summed E-state index contributed by atoms with van der Waals surface area (Å²) in [6.45, 7) is 4.97. The Morgan fingerprint density at radius 3 is 3.06 bits per heavy atom. The van der Waals surface area contributed by atoms with E-state index in [0.29, 0.717) is 6.10 Å². The maximum atomic E-state index is 5.81. The highest BCUT2D eigenvalue weighted by Crippen LogP contribution is 2.24. The quantitative estimate of drug-likeness (QED) is 0.659. The number of aryl methyl sites for hydroxylation is 1. The van der Waals surface area contributed by atoms with Crippen LogP contribution in [-0.2, 0) is 4.74 Å². The van der Waals surface area contributed by atoms with Crippen molar-refractivity contribution < 1.29 is 4.74 Å². The number of morpholine rings is 1. The van der Waals surface area contributed by atoms with E-state index in [0.717, 1.165) is 36.7 Å². The van der Waals surface area contributed by atoms with Crippen molar-refractivity contribution in [2.45, 2.75) is 17.9 Å². The van der Waals surface area contributed by atoms with Gasteiger partial charge in [-0.15, -0.1) is 11.8 Å². The summed E-state index contributed by atoms with van der Waals surface area (Å²) in [4.78, 5) is 3.59. The van der Waals surface area contributed by atoms with Gasteiger partial charge in [0, 0.05) is 29.4 Å². The molecule has 4 heteroatoms. The zero-order valence-corrected chi connectivity index (χ0v) is 11.3. The molecule has 0 aromatic heterocycles. The molecule has 1 atom stereocenters. The Balaban J connectivity index is 1.86. The van der Waals surface area contributed by atoms with Crippen molar-refractivity contribution in [2.75, 3.05) is 38.2 Å². The summed E-state index contributed by atoms with van der Waals surface area (Å²) < 4.78 is 5.74. The van der Waals surface area contributed by atoms with Gasteiger partial charge in [-0.05, 0) is 37.7 Å². The minimum atomic E-state index is 0.344. The van der Waals surface area contributed by atoms with Gasteiger partial charge in [-0.25, -0.2) is 0 Å². The van der Waals surface area contributed by atoms with E-state index < -0.39 is 0 Å². The lowest BCUT2D eigenvalue weighted by Crippen LogP contribution is -2.41. The number of nitrogens with zero attached hydrogens (tertiary/aromatic N) is 1. The summed E-state index contributed by atoms with van der Waals surface area (Å²) in [6.07, 6.45) is 0.344. The molecule has 94 valence electrons. The van der Waals surface area contributed by atoms with Crippen molar-refractivity contribution in [1.82, 2.24) is 4.90 Å². The third-order valence-electron chi connectivity index (χ3n) is 3.02.